The van der Waals surface area contributed by atoms with Crippen LogP contribution >= 0.6 is 11.3 Å². The molecule has 8 heteroatoms. The van der Waals surface area contributed by atoms with E-state index < -0.39 is 11.7 Å². The van der Waals surface area contributed by atoms with E-state index in [1.54, 1.807) is 18.2 Å². The number of aromatic amines is 1. The molecule has 0 aliphatic heterocycles. The highest BCUT2D eigenvalue weighted by atomic mass is 32.1. The van der Waals surface area contributed by atoms with Gasteiger partial charge in [-0.1, -0.05) is 41.7 Å². The van der Waals surface area contributed by atoms with E-state index in [0.717, 1.165) is 38.0 Å². The lowest BCUT2D eigenvalue weighted by atomic mass is 10.1. The monoisotopic (exact) mass is 456 g/mol. The number of fused-ring (bicyclic) bond motifs is 2. The fourth-order valence-corrected chi connectivity index (χ4v) is 4.17. The Labute approximate surface area is 191 Å². The van der Waals surface area contributed by atoms with E-state index in [-0.39, 0.29) is 10.8 Å². The number of amides is 1. The molecule has 1 amide bonds. The van der Waals surface area contributed by atoms with Crippen LogP contribution in [-0.2, 0) is 0 Å². The van der Waals surface area contributed by atoms with E-state index in [1.165, 1.54) is 24.3 Å². The molecule has 0 aliphatic carbocycles. The first kappa shape index (κ1) is 20.6. The predicted octanol–water partition coefficient (Wildman–Crippen LogP) is 5.41. The van der Waals surface area contributed by atoms with Crippen molar-refractivity contribution < 1.29 is 9.18 Å². The van der Waals surface area contributed by atoms with E-state index in [4.69, 9.17) is 0 Å². The summed E-state index contributed by atoms with van der Waals surface area (Å²) in [6.45, 7) is 0. The molecule has 3 N–H and O–H groups in total. The topological polar surface area (TPSA) is 86.3 Å². The van der Waals surface area contributed by atoms with Gasteiger partial charge in [0.25, 0.3) is 5.91 Å². The number of hydrogen-bond donors (Lipinski definition) is 3. The molecule has 162 valence electrons. The zero-order chi connectivity index (χ0) is 22.8. The summed E-state index contributed by atoms with van der Waals surface area (Å²) in [7, 11) is 0. The van der Waals surface area contributed by atoms with Crippen LogP contribution in [0.15, 0.2) is 94.7 Å². The number of guanidine groups is 1. The van der Waals surface area contributed by atoms with Crippen molar-refractivity contribution in [2.24, 2.45) is 4.99 Å². The predicted molar refractivity (Wildman–Crippen MR) is 131 cm³/mol. The largest absolute Gasteiger partial charge is 0.326 e. The number of halogens is 1. The zero-order valence-corrected chi connectivity index (χ0v) is 17.9. The normalized spacial score (nSPS) is 11.6. The maximum absolute atomic E-state index is 13.3. The minimum Gasteiger partial charge on any atom is -0.326 e. The van der Waals surface area contributed by atoms with E-state index in [1.807, 2.05) is 42.5 Å². The van der Waals surface area contributed by atoms with E-state index in [9.17, 15) is 14.0 Å². The number of nitrogens with zero attached hydrogens (tertiary/aromatic N) is 1. The van der Waals surface area contributed by atoms with Gasteiger partial charge in [0.05, 0.1) is 15.9 Å². The van der Waals surface area contributed by atoms with Crippen LogP contribution in [0.2, 0.25) is 0 Å². The summed E-state index contributed by atoms with van der Waals surface area (Å²) in [4.78, 5) is 31.6. The SMILES string of the molecule is O=C(NC(=Nc1ccc2[nH]c(=O)sc2c1)Nc1ccc2ccccc2c1)c1ccc(F)cc1. The number of carbonyl (C=O) groups excluding carboxylic acids is 1. The molecule has 0 unspecified atom stereocenters. The highest BCUT2D eigenvalue weighted by molar-refractivity contribution is 7.16. The van der Waals surface area contributed by atoms with Gasteiger partial charge in [0.2, 0.25) is 5.96 Å². The molecule has 0 atom stereocenters. The van der Waals surface area contributed by atoms with E-state index in [2.05, 4.69) is 20.6 Å². The number of thiazole rings is 1. The number of aromatic nitrogens is 1. The van der Waals surface area contributed by atoms with Gasteiger partial charge in [-0.15, -0.1) is 0 Å². The number of H-pyrrole nitrogens is 1. The van der Waals surface area contributed by atoms with Gasteiger partial charge in [0.1, 0.15) is 5.82 Å². The molecule has 0 spiro atoms. The van der Waals surface area contributed by atoms with Crippen LogP contribution in [0, 0.1) is 5.82 Å². The Morgan fingerprint density at radius 2 is 1.70 bits per heavy atom. The fourth-order valence-electron chi connectivity index (χ4n) is 3.40. The van der Waals surface area contributed by atoms with Crippen LogP contribution in [0.1, 0.15) is 10.4 Å². The van der Waals surface area contributed by atoms with Crippen LogP contribution in [0.25, 0.3) is 21.0 Å². The van der Waals surface area contributed by atoms with Gasteiger partial charge in [-0.3, -0.25) is 14.9 Å². The van der Waals surface area contributed by atoms with E-state index in [0.29, 0.717) is 11.3 Å². The highest BCUT2D eigenvalue weighted by Gasteiger charge is 2.11. The lowest BCUT2D eigenvalue weighted by Gasteiger charge is -2.13. The van der Waals surface area contributed by atoms with Gasteiger partial charge < -0.3 is 10.3 Å². The molecule has 0 saturated carbocycles. The number of rotatable bonds is 3. The third-order valence-corrected chi connectivity index (χ3v) is 5.84. The third-order valence-electron chi connectivity index (χ3n) is 5.00. The number of aliphatic imine (C=N–C) groups is 1. The lowest BCUT2D eigenvalue weighted by Crippen LogP contribution is -2.35. The molecule has 0 radical (unpaired) electrons. The number of carbonyl (C=O) groups is 1. The summed E-state index contributed by atoms with van der Waals surface area (Å²) in [5.74, 6) is -0.662. The molecular weight excluding hydrogens is 439 g/mol. The van der Waals surface area contributed by atoms with Crippen molar-refractivity contribution in [2.45, 2.75) is 0 Å². The standard InChI is InChI=1S/C25H17FN4O2S/c26-18-8-5-16(6-9-18)23(31)30-24(27-19-10-7-15-3-1-2-4-17(15)13-19)28-20-11-12-21-22(14-20)33-25(32)29-21/h1-14H,(H,29,32)(H2,27,28,30,31). The molecule has 33 heavy (non-hydrogen) atoms. The van der Waals surface area contributed by atoms with Crippen molar-refractivity contribution in [3.8, 4) is 0 Å². The summed E-state index contributed by atoms with van der Waals surface area (Å²) in [6, 6.07) is 24.3. The number of nitrogens with one attached hydrogen (secondary N) is 3. The number of hydrogen-bond acceptors (Lipinski definition) is 4. The summed E-state index contributed by atoms with van der Waals surface area (Å²) in [5.41, 5.74) is 2.31. The number of benzene rings is 4. The molecule has 1 heterocycles. The van der Waals surface area contributed by atoms with Crippen LogP contribution < -0.4 is 15.5 Å². The zero-order valence-electron chi connectivity index (χ0n) is 17.1. The van der Waals surface area contributed by atoms with Crippen LogP contribution in [0.4, 0.5) is 15.8 Å². The van der Waals surface area contributed by atoms with Crippen LogP contribution in [0.3, 0.4) is 0 Å². The van der Waals surface area contributed by atoms with Crippen molar-refractivity contribution in [3.05, 3.63) is 106 Å². The average molecular weight is 457 g/mol. The van der Waals surface area contributed by atoms with Crippen molar-refractivity contribution in [1.29, 1.82) is 0 Å². The molecule has 0 fully saturated rings. The molecule has 0 aliphatic rings. The fraction of sp³-hybridized carbons (Fsp3) is 0. The summed E-state index contributed by atoms with van der Waals surface area (Å²) in [5, 5.41) is 8.05. The summed E-state index contributed by atoms with van der Waals surface area (Å²) >= 11 is 1.09. The molecule has 1 aromatic heterocycles. The Hall–Kier alpha value is -4.30. The quantitative estimate of drug-likeness (QED) is 0.251. The lowest BCUT2D eigenvalue weighted by molar-refractivity contribution is 0.0977. The third kappa shape index (κ3) is 4.65. The Morgan fingerprint density at radius 3 is 2.52 bits per heavy atom. The molecule has 4 aromatic carbocycles. The molecule has 6 nitrogen and oxygen atoms in total. The van der Waals surface area contributed by atoms with Gasteiger partial charge in [-0.2, -0.15) is 0 Å². The Morgan fingerprint density at radius 1 is 0.909 bits per heavy atom. The molecule has 0 saturated heterocycles. The van der Waals surface area contributed by atoms with Crippen molar-refractivity contribution >= 4 is 55.6 Å². The van der Waals surface area contributed by atoms with Gasteiger partial charge in [-0.25, -0.2) is 9.38 Å². The summed E-state index contributed by atoms with van der Waals surface area (Å²) < 4.78 is 14.0. The number of anilines is 1. The van der Waals surface area contributed by atoms with Crippen LogP contribution in [0.5, 0.6) is 0 Å². The maximum Gasteiger partial charge on any atom is 0.305 e. The molecule has 5 rings (SSSR count). The first-order valence-electron chi connectivity index (χ1n) is 10.1. The van der Waals surface area contributed by atoms with Gasteiger partial charge in [0.15, 0.2) is 0 Å². The first-order valence-corrected chi connectivity index (χ1v) is 10.9. The van der Waals surface area contributed by atoms with Crippen molar-refractivity contribution in [3.63, 3.8) is 0 Å². The Bertz CT molecular complexity index is 1570. The average Bonchev–Trinajstić information content (AvgIpc) is 3.18. The van der Waals surface area contributed by atoms with Gasteiger partial charge >= 0.3 is 4.87 Å². The second-order valence-corrected chi connectivity index (χ2v) is 8.32. The second-order valence-electron chi connectivity index (χ2n) is 7.30. The Balaban J connectivity index is 1.50. The molecular formula is C25H17FN4O2S. The van der Waals surface area contributed by atoms with Gasteiger partial charge in [0, 0.05) is 11.3 Å². The maximum atomic E-state index is 13.3. The van der Waals surface area contributed by atoms with Crippen molar-refractivity contribution in [1.82, 2.24) is 10.3 Å². The summed E-state index contributed by atoms with van der Waals surface area (Å²) in [6.07, 6.45) is 0. The Kier molecular flexibility index (Phi) is 5.42. The smallest absolute Gasteiger partial charge is 0.305 e. The minimum absolute atomic E-state index is 0.148. The molecule has 0 bridgehead atoms. The van der Waals surface area contributed by atoms with Crippen molar-refractivity contribution in [2.75, 3.05) is 5.32 Å². The second kappa shape index (κ2) is 8.68. The highest BCUT2D eigenvalue weighted by Crippen LogP contribution is 2.23. The first-order chi connectivity index (χ1) is 16.0. The minimum atomic E-state index is -0.436. The van der Waals surface area contributed by atoms with E-state index >= 15 is 0 Å². The van der Waals surface area contributed by atoms with Gasteiger partial charge in [-0.05, 0) is 65.4 Å². The van der Waals surface area contributed by atoms with Crippen LogP contribution in [-0.4, -0.2) is 16.9 Å². The molecule has 5 aromatic rings.